The lowest BCUT2D eigenvalue weighted by Gasteiger charge is -2.24. The van der Waals surface area contributed by atoms with E-state index in [0.29, 0.717) is 18.4 Å². The van der Waals surface area contributed by atoms with Gasteiger partial charge in [0.05, 0.1) is 12.0 Å². The number of rotatable bonds is 5. The van der Waals surface area contributed by atoms with Crippen LogP contribution in [0, 0.1) is 11.8 Å². The van der Waals surface area contributed by atoms with Crippen molar-refractivity contribution in [2.75, 3.05) is 6.54 Å². The van der Waals surface area contributed by atoms with Crippen molar-refractivity contribution in [3.8, 4) is 0 Å². The van der Waals surface area contributed by atoms with E-state index in [1.807, 2.05) is 4.90 Å². The smallest absolute Gasteiger partial charge is 0.318 e. The fraction of sp³-hybridized carbons (Fsp3) is 0.714. The molecule has 0 saturated heterocycles. The predicted octanol–water partition coefficient (Wildman–Crippen LogP) is 1.60. The maximum absolute atomic E-state index is 12.3. The summed E-state index contributed by atoms with van der Waals surface area (Å²) in [5.74, 6) is -0.578. The Hall–Kier alpha value is -1.52. The number of carbonyl (C=O) groups is 2. The first-order valence-electron chi connectivity index (χ1n) is 7.11. The summed E-state index contributed by atoms with van der Waals surface area (Å²) in [6.45, 7) is 0.870. The standard InChI is InChI=1S/C14H20N2O3/c17-13(18)10-3-4-11(7-10)15-14(19)16(12-5-6-12)8-9-1-2-9/h3-4,9-12H,1-2,5-8H2,(H,15,19)(H,17,18). The van der Waals surface area contributed by atoms with Crippen molar-refractivity contribution in [3.05, 3.63) is 12.2 Å². The zero-order chi connectivity index (χ0) is 13.4. The van der Waals surface area contributed by atoms with Crippen LogP contribution in [-0.4, -0.2) is 40.6 Å². The Kier molecular flexibility index (Phi) is 3.21. The molecule has 3 aliphatic carbocycles. The second-order valence-electron chi connectivity index (χ2n) is 5.95. The van der Waals surface area contributed by atoms with E-state index in [9.17, 15) is 9.59 Å². The Bertz CT molecular complexity index is 413. The Morgan fingerprint density at radius 2 is 1.95 bits per heavy atom. The molecule has 2 N–H and O–H groups in total. The predicted molar refractivity (Wildman–Crippen MR) is 69.7 cm³/mol. The minimum atomic E-state index is -0.815. The monoisotopic (exact) mass is 264 g/mol. The minimum Gasteiger partial charge on any atom is -0.481 e. The number of nitrogens with one attached hydrogen (secondary N) is 1. The summed E-state index contributed by atoms with van der Waals surface area (Å²) in [7, 11) is 0. The molecule has 19 heavy (non-hydrogen) atoms. The quantitative estimate of drug-likeness (QED) is 0.741. The Labute approximate surface area is 112 Å². The zero-order valence-electron chi connectivity index (χ0n) is 10.9. The van der Waals surface area contributed by atoms with Gasteiger partial charge in [0.25, 0.3) is 0 Å². The van der Waals surface area contributed by atoms with Crippen molar-refractivity contribution in [1.82, 2.24) is 10.2 Å². The molecule has 2 unspecified atom stereocenters. The third-order valence-corrected chi connectivity index (χ3v) is 4.11. The SMILES string of the molecule is O=C(O)C1C=CC(NC(=O)N(CC2CC2)C2CC2)C1. The Balaban J connectivity index is 1.52. The van der Waals surface area contributed by atoms with E-state index in [1.54, 1.807) is 12.2 Å². The number of amides is 2. The summed E-state index contributed by atoms with van der Waals surface area (Å²) >= 11 is 0. The average Bonchev–Trinajstić information content (AvgIpc) is 3.26. The fourth-order valence-corrected chi connectivity index (χ4v) is 2.59. The van der Waals surface area contributed by atoms with Gasteiger partial charge in [-0.1, -0.05) is 12.2 Å². The van der Waals surface area contributed by atoms with Crippen LogP contribution < -0.4 is 5.32 Å². The number of urea groups is 1. The molecule has 0 aromatic heterocycles. The van der Waals surface area contributed by atoms with E-state index in [2.05, 4.69) is 5.32 Å². The summed E-state index contributed by atoms with van der Waals surface area (Å²) in [5.41, 5.74) is 0. The van der Waals surface area contributed by atoms with Crippen molar-refractivity contribution in [1.29, 1.82) is 0 Å². The Morgan fingerprint density at radius 1 is 1.21 bits per heavy atom. The largest absolute Gasteiger partial charge is 0.481 e. The lowest BCUT2D eigenvalue weighted by atomic mass is 10.1. The van der Waals surface area contributed by atoms with Crippen molar-refractivity contribution < 1.29 is 14.7 Å². The molecule has 0 heterocycles. The molecular weight excluding hydrogens is 244 g/mol. The van der Waals surface area contributed by atoms with Crippen LogP contribution in [-0.2, 0) is 4.79 Å². The Morgan fingerprint density at radius 3 is 2.47 bits per heavy atom. The van der Waals surface area contributed by atoms with Crippen molar-refractivity contribution in [2.45, 2.75) is 44.2 Å². The van der Waals surface area contributed by atoms with E-state index in [1.165, 1.54) is 12.8 Å². The first-order chi connectivity index (χ1) is 9.13. The van der Waals surface area contributed by atoms with Gasteiger partial charge in [-0.2, -0.15) is 0 Å². The highest BCUT2D eigenvalue weighted by atomic mass is 16.4. The van der Waals surface area contributed by atoms with Gasteiger partial charge in [-0.15, -0.1) is 0 Å². The molecule has 0 aromatic carbocycles. The van der Waals surface area contributed by atoms with Crippen molar-refractivity contribution in [2.24, 2.45) is 11.8 Å². The molecule has 0 spiro atoms. The first kappa shape index (κ1) is 12.5. The summed E-state index contributed by atoms with van der Waals surface area (Å²) < 4.78 is 0. The van der Waals surface area contributed by atoms with Crippen molar-refractivity contribution in [3.63, 3.8) is 0 Å². The van der Waals surface area contributed by atoms with Crippen LogP contribution in [0.3, 0.4) is 0 Å². The van der Waals surface area contributed by atoms with Gasteiger partial charge < -0.3 is 15.3 Å². The van der Waals surface area contributed by atoms with Crippen LogP contribution in [0.5, 0.6) is 0 Å². The van der Waals surface area contributed by atoms with E-state index in [-0.39, 0.29) is 12.1 Å². The summed E-state index contributed by atoms with van der Waals surface area (Å²) in [4.78, 5) is 25.1. The lowest BCUT2D eigenvalue weighted by Crippen LogP contribution is -2.46. The second kappa shape index (κ2) is 4.87. The third kappa shape index (κ3) is 3.08. The zero-order valence-corrected chi connectivity index (χ0v) is 10.9. The number of nitrogens with zero attached hydrogens (tertiary/aromatic N) is 1. The number of carboxylic acids is 1. The van der Waals surface area contributed by atoms with Crippen LogP contribution in [0.1, 0.15) is 32.1 Å². The number of hydrogen-bond acceptors (Lipinski definition) is 2. The molecular formula is C14H20N2O3. The third-order valence-electron chi connectivity index (χ3n) is 4.11. The van der Waals surface area contributed by atoms with Gasteiger partial charge in [0.15, 0.2) is 0 Å². The highest BCUT2D eigenvalue weighted by Crippen LogP contribution is 2.35. The molecule has 0 bridgehead atoms. The summed E-state index contributed by atoms with van der Waals surface area (Å²) in [6.07, 6.45) is 8.65. The van der Waals surface area contributed by atoms with Crippen LogP contribution in [0.2, 0.25) is 0 Å². The average molecular weight is 264 g/mol. The molecule has 0 aliphatic heterocycles. The van der Waals surface area contributed by atoms with Gasteiger partial charge in [-0.25, -0.2) is 4.79 Å². The summed E-state index contributed by atoms with van der Waals surface area (Å²) in [6, 6.07) is 0.269. The summed E-state index contributed by atoms with van der Waals surface area (Å²) in [5, 5.41) is 11.9. The molecule has 104 valence electrons. The molecule has 3 rings (SSSR count). The molecule has 2 amide bonds. The van der Waals surface area contributed by atoms with Gasteiger partial charge in [0.2, 0.25) is 0 Å². The molecule has 2 saturated carbocycles. The number of aliphatic carboxylic acids is 1. The van der Waals surface area contributed by atoms with Gasteiger partial charge in [-0.05, 0) is 38.0 Å². The van der Waals surface area contributed by atoms with Gasteiger partial charge in [0, 0.05) is 12.6 Å². The minimum absolute atomic E-state index is 0.0184. The topological polar surface area (TPSA) is 69.6 Å². The van der Waals surface area contributed by atoms with Gasteiger partial charge in [0.1, 0.15) is 0 Å². The van der Waals surface area contributed by atoms with E-state index < -0.39 is 11.9 Å². The molecule has 3 aliphatic rings. The normalized spacial score (nSPS) is 29.3. The number of hydrogen-bond donors (Lipinski definition) is 2. The first-order valence-corrected chi connectivity index (χ1v) is 7.11. The van der Waals surface area contributed by atoms with E-state index in [4.69, 9.17) is 5.11 Å². The molecule has 5 nitrogen and oxygen atoms in total. The lowest BCUT2D eigenvalue weighted by molar-refractivity contribution is -0.140. The van der Waals surface area contributed by atoms with Gasteiger partial charge >= 0.3 is 12.0 Å². The maximum Gasteiger partial charge on any atom is 0.318 e. The molecule has 2 atom stereocenters. The maximum atomic E-state index is 12.3. The second-order valence-corrected chi connectivity index (χ2v) is 5.95. The van der Waals surface area contributed by atoms with Crippen LogP contribution in [0.4, 0.5) is 4.79 Å². The van der Waals surface area contributed by atoms with Crippen molar-refractivity contribution >= 4 is 12.0 Å². The van der Waals surface area contributed by atoms with E-state index >= 15 is 0 Å². The highest BCUT2D eigenvalue weighted by molar-refractivity contribution is 5.77. The van der Waals surface area contributed by atoms with E-state index in [0.717, 1.165) is 19.4 Å². The van der Waals surface area contributed by atoms with Gasteiger partial charge in [-0.3, -0.25) is 4.79 Å². The molecule has 0 radical (unpaired) electrons. The van der Waals surface area contributed by atoms with Crippen LogP contribution in [0.15, 0.2) is 12.2 Å². The van der Waals surface area contributed by atoms with Crippen LogP contribution >= 0.6 is 0 Å². The molecule has 0 aromatic rings. The highest BCUT2D eigenvalue weighted by Gasteiger charge is 2.37. The molecule has 5 heteroatoms. The fourth-order valence-electron chi connectivity index (χ4n) is 2.59. The number of carbonyl (C=O) groups excluding carboxylic acids is 1. The van der Waals surface area contributed by atoms with Crippen LogP contribution in [0.25, 0.3) is 0 Å². The number of carboxylic acid groups (broad SMARTS) is 1. The molecule has 2 fully saturated rings.